The molecule has 0 bridgehead atoms. The Morgan fingerprint density at radius 2 is 1.69 bits per heavy atom. The van der Waals surface area contributed by atoms with Crippen molar-refractivity contribution < 1.29 is 32.3 Å². The van der Waals surface area contributed by atoms with Crippen LogP contribution in [0.4, 0.5) is 13.2 Å². The SMILES string of the molecule is O=C1CCC(N2C(=O)c3ccc(CN4CCC(NCC(F)(F)F)CC4)cc3C2=O)C(=O)N1. The summed E-state index contributed by atoms with van der Waals surface area (Å²) >= 11 is 0. The van der Waals surface area contributed by atoms with E-state index in [0.717, 1.165) is 10.5 Å². The maximum atomic E-state index is 12.9. The highest BCUT2D eigenvalue weighted by molar-refractivity contribution is 6.23. The molecule has 0 radical (unpaired) electrons. The normalized spacial score (nSPS) is 23.0. The van der Waals surface area contributed by atoms with E-state index in [9.17, 15) is 32.3 Å². The van der Waals surface area contributed by atoms with Crippen LogP contribution in [0, 0.1) is 0 Å². The van der Waals surface area contributed by atoms with Gasteiger partial charge in [0.2, 0.25) is 11.8 Å². The van der Waals surface area contributed by atoms with Crippen LogP contribution >= 0.6 is 0 Å². The Hall–Kier alpha value is -2.79. The lowest BCUT2D eigenvalue weighted by atomic mass is 10.0. The summed E-state index contributed by atoms with van der Waals surface area (Å²) in [6.07, 6.45) is -2.90. The number of alkyl halides is 3. The van der Waals surface area contributed by atoms with Gasteiger partial charge in [-0.15, -0.1) is 0 Å². The van der Waals surface area contributed by atoms with E-state index < -0.39 is 42.4 Å². The second-order valence-corrected chi connectivity index (χ2v) is 8.37. The maximum Gasteiger partial charge on any atom is 0.401 e. The van der Waals surface area contributed by atoms with Crippen molar-refractivity contribution in [1.82, 2.24) is 20.4 Å². The van der Waals surface area contributed by atoms with Gasteiger partial charge >= 0.3 is 6.18 Å². The van der Waals surface area contributed by atoms with Gasteiger partial charge in [0.1, 0.15) is 6.04 Å². The molecule has 1 atom stereocenters. The lowest BCUT2D eigenvalue weighted by molar-refractivity contribution is -0.136. The second kappa shape index (κ2) is 8.62. The molecule has 4 amide bonds. The van der Waals surface area contributed by atoms with Crippen LogP contribution < -0.4 is 10.6 Å². The summed E-state index contributed by atoms with van der Waals surface area (Å²) < 4.78 is 37.1. The Morgan fingerprint density at radius 3 is 2.34 bits per heavy atom. The third kappa shape index (κ3) is 4.68. The van der Waals surface area contributed by atoms with Crippen LogP contribution in [0.5, 0.6) is 0 Å². The van der Waals surface area contributed by atoms with E-state index in [4.69, 9.17) is 0 Å². The summed E-state index contributed by atoms with van der Waals surface area (Å²) in [4.78, 5) is 52.2. The molecule has 0 aliphatic carbocycles. The van der Waals surface area contributed by atoms with E-state index in [2.05, 4.69) is 15.5 Å². The molecule has 1 unspecified atom stereocenters. The second-order valence-electron chi connectivity index (χ2n) is 8.37. The van der Waals surface area contributed by atoms with Gasteiger partial charge in [-0.1, -0.05) is 6.07 Å². The minimum Gasteiger partial charge on any atom is -0.306 e. The van der Waals surface area contributed by atoms with Gasteiger partial charge in [0.05, 0.1) is 17.7 Å². The van der Waals surface area contributed by atoms with Crippen LogP contribution in [0.25, 0.3) is 0 Å². The van der Waals surface area contributed by atoms with Gasteiger partial charge < -0.3 is 5.32 Å². The van der Waals surface area contributed by atoms with E-state index in [1.165, 1.54) is 0 Å². The molecular formula is C21H23F3N4O4. The molecule has 172 valence electrons. The van der Waals surface area contributed by atoms with Gasteiger partial charge in [-0.25, -0.2) is 0 Å². The summed E-state index contributed by atoms with van der Waals surface area (Å²) in [7, 11) is 0. The van der Waals surface area contributed by atoms with Crippen molar-refractivity contribution in [1.29, 1.82) is 0 Å². The molecule has 2 saturated heterocycles. The van der Waals surface area contributed by atoms with Gasteiger partial charge in [-0.05, 0) is 50.0 Å². The minimum atomic E-state index is -4.23. The molecule has 0 aromatic heterocycles. The quantitative estimate of drug-likeness (QED) is 0.652. The Labute approximate surface area is 182 Å². The molecule has 3 aliphatic heterocycles. The van der Waals surface area contributed by atoms with Gasteiger partial charge in [0.25, 0.3) is 11.8 Å². The van der Waals surface area contributed by atoms with Crippen molar-refractivity contribution in [2.45, 2.75) is 50.5 Å². The largest absolute Gasteiger partial charge is 0.401 e. The molecule has 0 saturated carbocycles. The highest BCUT2D eigenvalue weighted by Gasteiger charge is 2.44. The van der Waals surface area contributed by atoms with Crippen molar-refractivity contribution in [2.24, 2.45) is 0 Å². The molecule has 32 heavy (non-hydrogen) atoms. The summed E-state index contributed by atoms with van der Waals surface area (Å²) in [6, 6.07) is 3.75. The van der Waals surface area contributed by atoms with Gasteiger partial charge in [-0.2, -0.15) is 13.2 Å². The van der Waals surface area contributed by atoms with Crippen LogP contribution in [-0.2, 0) is 16.1 Å². The van der Waals surface area contributed by atoms with E-state index in [1.54, 1.807) is 18.2 Å². The highest BCUT2D eigenvalue weighted by atomic mass is 19.4. The van der Waals surface area contributed by atoms with E-state index in [-0.39, 0.29) is 30.0 Å². The summed E-state index contributed by atoms with van der Waals surface area (Å²) in [5, 5.41) is 4.70. The van der Waals surface area contributed by atoms with Crippen molar-refractivity contribution in [3.8, 4) is 0 Å². The van der Waals surface area contributed by atoms with Crippen LogP contribution in [-0.4, -0.2) is 71.3 Å². The Kier molecular flexibility index (Phi) is 6.04. The number of piperidine rings is 2. The number of fused-ring (bicyclic) bond motifs is 1. The first-order chi connectivity index (χ1) is 15.1. The lowest BCUT2D eigenvalue weighted by Crippen LogP contribution is -2.54. The summed E-state index contributed by atoms with van der Waals surface area (Å²) in [5.74, 6) is -2.19. The van der Waals surface area contributed by atoms with Crippen LogP contribution in [0.2, 0.25) is 0 Å². The van der Waals surface area contributed by atoms with Crippen molar-refractivity contribution in [2.75, 3.05) is 19.6 Å². The summed E-state index contributed by atoms with van der Waals surface area (Å²) in [5.41, 5.74) is 1.24. The molecule has 2 fully saturated rings. The zero-order valence-electron chi connectivity index (χ0n) is 17.2. The number of carbonyl (C=O) groups is 4. The smallest absolute Gasteiger partial charge is 0.306 e. The zero-order valence-corrected chi connectivity index (χ0v) is 17.2. The maximum absolute atomic E-state index is 12.9. The first-order valence-corrected chi connectivity index (χ1v) is 10.5. The standard InChI is InChI=1S/C21H23F3N4O4/c22-21(23,24)11-25-13-5-7-27(8-6-13)10-12-1-2-14-15(9-12)20(32)28(19(14)31)16-3-4-17(29)26-18(16)30/h1-2,9,13,16,25H,3-8,10-11H2,(H,26,29,30). The third-order valence-corrected chi connectivity index (χ3v) is 6.09. The van der Waals surface area contributed by atoms with Gasteiger partial charge in [0.15, 0.2) is 0 Å². The summed E-state index contributed by atoms with van der Waals surface area (Å²) in [6.45, 7) is 0.727. The number of hydrogen-bond donors (Lipinski definition) is 2. The first kappa shape index (κ1) is 22.4. The van der Waals surface area contributed by atoms with Gasteiger partial charge in [-0.3, -0.25) is 34.3 Å². The third-order valence-electron chi connectivity index (χ3n) is 6.09. The van der Waals surface area contributed by atoms with E-state index in [1.807, 2.05) is 0 Å². The highest BCUT2D eigenvalue weighted by Crippen LogP contribution is 2.29. The predicted octanol–water partition coefficient (Wildman–Crippen LogP) is 1.20. The van der Waals surface area contributed by atoms with E-state index >= 15 is 0 Å². The molecule has 11 heteroatoms. The number of nitrogens with zero attached hydrogens (tertiary/aromatic N) is 2. The predicted molar refractivity (Wildman–Crippen MR) is 105 cm³/mol. The Morgan fingerprint density at radius 1 is 1.00 bits per heavy atom. The molecular weight excluding hydrogens is 429 g/mol. The number of hydrogen-bond acceptors (Lipinski definition) is 6. The zero-order chi connectivity index (χ0) is 23.0. The topological polar surface area (TPSA) is 98.8 Å². The molecule has 8 nitrogen and oxygen atoms in total. The Bertz CT molecular complexity index is 957. The minimum absolute atomic E-state index is 0.0584. The molecule has 3 heterocycles. The molecule has 0 spiro atoms. The van der Waals surface area contributed by atoms with E-state index in [0.29, 0.717) is 32.5 Å². The average molecular weight is 452 g/mol. The number of benzene rings is 1. The van der Waals surface area contributed by atoms with Crippen molar-refractivity contribution in [3.63, 3.8) is 0 Å². The fraction of sp³-hybridized carbons (Fsp3) is 0.524. The number of likely N-dealkylation sites (tertiary alicyclic amines) is 1. The van der Waals surface area contributed by atoms with Crippen LogP contribution in [0.15, 0.2) is 18.2 Å². The van der Waals surface area contributed by atoms with Gasteiger partial charge in [0, 0.05) is 19.0 Å². The number of nitrogens with one attached hydrogen (secondary N) is 2. The monoisotopic (exact) mass is 452 g/mol. The fourth-order valence-electron chi connectivity index (χ4n) is 4.43. The lowest BCUT2D eigenvalue weighted by Gasteiger charge is -2.32. The Balaban J connectivity index is 1.38. The molecule has 4 rings (SSSR count). The number of amides is 4. The van der Waals surface area contributed by atoms with Crippen molar-refractivity contribution in [3.05, 3.63) is 34.9 Å². The van der Waals surface area contributed by atoms with Crippen LogP contribution in [0.3, 0.4) is 0 Å². The number of imide groups is 2. The molecule has 2 N–H and O–H groups in total. The number of halogens is 3. The average Bonchev–Trinajstić information content (AvgIpc) is 2.97. The number of carbonyl (C=O) groups excluding carboxylic acids is 4. The molecule has 3 aliphatic rings. The molecule has 1 aromatic carbocycles. The van der Waals surface area contributed by atoms with Crippen LogP contribution in [0.1, 0.15) is 52.0 Å². The van der Waals surface area contributed by atoms with Crippen molar-refractivity contribution >= 4 is 23.6 Å². The first-order valence-electron chi connectivity index (χ1n) is 10.5. The fourth-order valence-corrected chi connectivity index (χ4v) is 4.43. The number of rotatable bonds is 5. The molecule has 1 aromatic rings.